The molecule has 0 spiro atoms. The van der Waals surface area contributed by atoms with Gasteiger partial charge in [-0.05, 0) is 18.3 Å². The Morgan fingerprint density at radius 2 is 1.92 bits per heavy atom. The van der Waals surface area contributed by atoms with Crippen LogP contribution in [0, 0.1) is 11.8 Å². The lowest BCUT2D eigenvalue weighted by Gasteiger charge is -2.34. The van der Waals surface area contributed by atoms with Gasteiger partial charge in [0.1, 0.15) is 0 Å². The molecule has 1 aliphatic heterocycles. The fraction of sp³-hybridized carbons (Fsp3) is 0.900. The van der Waals surface area contributed by atoms with Crippen molar-refractivity contribution in [2.45, 2.75) is 26.7 Å². The summed E-state index contributed by atoms with van der Waals surface area (Å²) in [4.78, 5) is 12.6. The Balaban J connectivity index is 2.28. The van der Waals surface area contributed by atoms with Crippen LogP contribution < -0.4 is 0 Å². The van der Waals surface area contributed by atoms with Gasteiger partial charge < -0.3 is 10.0 Å². The van der Waals surface area contributed by atoms with E-state index < -0.39 is 5.97 Å². The molecule has 0 saturated carbocycles. The SMILES string of the molecule is C[C@@H]1C[C@@H](C)CN(CCC(=O)O)C1. The van der Waals surface area contributed by atoms with E-state index in [1.165, 1.54) is 6.42 Å². The molecule has 2 atom stereocenters. The van der Waals surface area contributed by atoms with E-state index in [9.17, 15) is 4.79 Å². The Morgan fingerprint density at radius 3 is 2.38 bits per heavy atom. The minimum atomic E-state index is -0.689. The van der Waals surface area contributed by atoms with Crippen LogP contribution in [-0.2, 0) is 4.79 Å². The molecule has 0 radical (unpaired) electrons. The first-order chi connectivity index (χ1) is 6.08. The van der Waals surface area contributed by atoms with Crippen molar-refractivity contribution in [3.05, 3.63) is 0 Å². The van der Waals surface area contributed by atoms with Gasteiger partial charge >= 0.3 is 5.97 Å². The third-order valence-electron chi connectivity index (χ3n) is 2.59. The average Bonchev–Trinajstić information content (AvgIpc) is 1.99. The minimum Gasteiger partial charge on any atom is -0.481 e. The smallest absolute Gasteiger partial charge is 0.304 e. The Bertz CT molecular complexity index is 172. The molecule has 0 aliphatic carbocycles. The molecule has 13 heavy (non-hydrogen) atoms. The Kier molecular flexibility index (Phi) is 3.72. The highest BCUT2D eigenvalue weighted by Gasteiger charge is 2.21. The maximum absolute atomic E-state index is 10.4. The van der Waals surface area contributed by atoms with Crippen LogP contribution in [0.5, 0.6) is 0 Å². The zero-order chi connectivity index (χ0) is 9.84. The summed E-state index contributed by atoms with van der Waals surface area (Å²) in [6.07, 6.45) is 1.56. The van der Waals surface area contributed by atoms with Crippen LogP contribution in [0.2, 0.25) is 0 Å². The molecule has 0 bridgehead atoms. The molecule has 0 unspecified atom stereocenters. The van der Waals surface area contributed by atoms with Crippen LogP contribution in [0.15, 0.2) is 0 Å². The molecule has 76 valence electrons. The first-order valence-corrected chi connectivity index (χ1v) is 5.02. The fourth-order valence-corrected chi connectivity index (χ4v) is 2.23. The van der Waals surface area contributed by atoms with E-state index in [4.69, 9.17) is 5.11 Å². The zero-order valence-corrected chi connectivity index (χ0v) is 8.49. The number of aliphatic carboxylic acids is 1. The number of nitrogens with zero attached hydrogens (tertiary/aromatic N) is 1. The summed E-state index contributed by atoms with van der Waals surface area (Å²) in [5.41, 5.74) is 0. The van der Waals surface area contributed by atoms with E-state index in [1.807, 2.05) is 0 Å². The van der Waals surface area contributed by atoms with Crippen molar-refractivity contribution in [3.8, 4) is 0 Å². The van der Waals surface area contributed by atoms with Crippen LogP contribution in [0.25, 0.3) is 0 Å². The molecule has 1 heterocycles. The van der Waals surface area contributed by atoms with Crippen LogP contribution in [0.4, 0.5) is 0 Å². The fourth-order valence-electron chi connectivity index (χ4n) is 2.23. The Hall–Kier alpha value is -0.570. The van der Waals surface area contributed by atoms with Crippen LogP contribution in [0.3, 0.4) is 0 Å². The molecule has 1 saturated heterocycles. The molecule has 1 fully saturated rings. The van der Waals surface area contributed by atoms with Gasteiger partial charge in [0.25, 0.3) is 0 Å². The van der Waals surface area contributed by atoms with Gasteiger partial charge in [-0.25, -0.2) is 0 Å². The highest BCUT2D eigenvalue weighted by molar-refractivity contribution is 5.66. The molecule has 1 rings (SSSR count). The van der Waals surface area contributed by atoms with E-state index in [2.05, 4.69) is 18.7 Å². The van der Waals surface area contributed by atoms with Gasteiger partial charge in [-0.3, -0.25) is 4.79 Å². The summed E-state index contributed by atoms with van der Waals surface area (Å²) in [6, 6.07) is 0. The average molecular weight is 185 g/mol. The maximum Gasteiger partial charge on any atom is 0.304 e. The van der Waals surface area contributed by atoms with Gasteiger partial charge in [-0.1, -0.05) is 13.8 Å². The number of carbonyl (C=O) groups is 1. The number of hydrogen-bond donors (Lipinski definition) is 1. The number of carboxylic acids is 1. The maximum atomic E-state index is 10.4. The zero-order valence-electron chi connectivity index (χ0n) is 8.49. The van der Waals surface area contributed by atoms with E-state index in [-0.39, 0.29) is 6.42 Å². The molecule has 3 nitrogen and oxygen atoms in total. The van der Waals surface area contributed by atoms with Crippen molar-refractivity contribution in [3.63, 3.8) is 0 Å². The molecule has 1 aliphatic rings. The first kappa shape index (κ1) is 10.5. The van der Waals surface area contributed by atoms with Crippen LogP contribution in [-0.4, -0.2) is 35.6 Å². The van der Waals surface area contributed by atoms with E-state index in [0.717, 1.165) is 24.9 Å². The first-order valence-electron chi connectivity index (χ1n) is 5.02. The van der Waals surface area contributed by atoms with Crippen molar-refractivity contribution in [2.75, 3.05) is 19.6 Å². The lowest BCUT2D eigenvalue weighted by atomic mass is 9.92. The van der Waals surface area contributed by atoms with Crippen molar-refractivity contribution < 1.29 is 9.90 Å². The lowest BCUT2D eigenvalue weighted by molar-refractivity contribution is -0.137. The summed E-state index contributed by atoms with van der Waals surface area (Å²) in [7, 11) is 0. The quantitative estimate of drug-likeness (QED) is 0.723. The molecule has 1 N–H and O–H groups in total. The second-order valence-electron chi connectivity index (χ2n) is 4.35. The van der Waals surface area contributed by atoms with Crippen molar-refractivity contribution >= 4 is 5.97 Å². The normalized spacial score (nSPS) is 30.3. The second kappa shape index (κ2) is 4.61. The molecule has 3 heteroatoms. The molecule has 0 amide bonds. The predicted molar refractivity (Wildman–Crippen MR) is 51.6 cm³/mol. The second-order valence-corrected chi connectivity index (χ2v) is 4.35. The van der Waals surface area contributed by atoms with E-state index in [0.29, 0.717) is 6.54 Å². The van der Waals surface area contributed by atoms with E-state index >= 15 is 0 Å². The molecular weight excluding hydrogens is 166 g/mol. The van der Waals surface area contributed by atoms with Gasteiger partial charge in [0.05, 0.1) is 6.42 Å². The standard InChI is InChI=1S/C10H19NO2/c1-8-5-9(2)7-11(6-8)4-3-10(12)13/h8-9H,3-7H2,1-2H3,(H,12,13)/t8-,9-/m1/s1. The van der Waals surface area contributed by atoms with Crippen LogP contribution in [0.1, 0.15) is 26.7 Å². The number of likely N-dealkylation sites (tertiary alicyclic amines) is 1. The van der Waals surface area contributed by atoms with Crippen molar-refractivity contribution in [1.29, 1.82) is 0 Å². The summed E-state index contributed by atoms with van der Waals surface area (Å²) in [5, 5.41) is 8.55. The number of piperidine rings is 1. The molecular formula is C10H19NO2. The third kappa shape index (κ3) is 3.77. The van der Waals surface area contributed by atoms with E-state index in [1.54, 1.807) is 0 Å². The number of hydrogen-bond acceptors (Lipinski definition) is 2. The van der Waals surface area contributed by atoms with Crippen LogP contribution >= 0.6 is 0 Å². The molecule has 0 aromatic carbocycles. The molecule has 0 aromatic rings. The van der Waals surface area contributed by atoms with Crippen molar-refractivity contribution in [2.24, 2.45) is 11.8 Å². The monoisotopic (exact) mass is 185 g/mol. The lowest BCUT2D eigenvalue weighted by Crippen LogP contribution is -2.39. The third-order valence-corrected chi connectivity index (χ3v) is 2.59. The predicted octanol–water partition coefficient (Wildman–Crippen LogP) is 1.44. The highest BCUT2D eigenvalue weighted by Crippen LogP contribution is 2.20. The van der Waals surface area contributed by atoms with Gasteiger partial charge in [-0.15, -0.1) is 0 Å². The molecule has 0 aromatic heterocycles. The summed E-state index contributed by atoms with van der Waals surface area (Å²) in [6.45, 7) is 7.33. The van der Waals surface area contributed by atoms with Gasteiger partial charge in [0.2, 0.25) is 0 Å². The Morgan fingerprint density at radius 1 is 1.38 bits per heavy atom. The number of rotatable bonds is 3. The highest BCUT2D eigenvalue weighted by atomic mass is 16.4. The van der Waals surface area contributed by atoms with Gasteiger partial charge in [0, 0.05) is 19.6 Å². The number of carboxylic acid groups (broad SMARTS) is 1. The summed E-state index contributed by atoms with van der Waals surface area (Å²) >= 11 is 0. The van der Waals surface area contributed by atoms with Crippen molar-refractivity contribution in [1.82, 2.24) is 4.90 Å². The summed E-state index contributed by atoms with van der Waals surface area (Å²) in [5.74, 6) is 0.751. The topological polar surface area (TPSA) is 40.5 Å². The summed E-state index contributed by atoms with van der Waals surface area (Å²) < 4.78 is 0. The minimum absolute atomic E-state index is 0.277. The van der Waals surface area contributed by atoms with Gasteiger partial charge in [-0.2, -0.15) is 0 Å². The van der Waals surface area contributed by atoms with Gasteiger partial charge in [0.15, 0.2) is 0 Å². The largest absolute Gasteiger partial charge is 0.481 e. The Labute approximate surface area is 79.7 Å².